The van der Waals surface area contributed by atoms with Crippen LogP contribution in [0.25, 0.3) is 0 Å². The Morgan fingerprint density at radius 3 is 2.63 bits per heavy atom. The van der Waals surface area contributed by atoms with Gasteiger partial charge in [0.25, 0.3) is 0 Å². The third-order valence-corrected chi connectivity index (χ3v) is 5.09. The van der Waals surface area contributed by atoms with Gasteiger partial charge in [0, 0.05) is 12.6 Å². The number of rotatable bonds is 7. The molecular formula is C13H20N2O3S. The number of hydrogen-bond acceptors (Lipinski definition) is 4. The fraction of sp³-hybridized carbons (Fsp3) is 0.538. The van der Waals surface area contributed by atoms with Gasteiger partial charge < -0.3 is 10.5 Å². The maximum Gasteiger partial charge on any atom is 0.217 e. The van der Waals surface area contributed by atoms with Gasteiger partial charge in [-0.3, -0.25) is 0 Å². The largest absolute Gasteiger partial charge is 0.490 e. The third kappa shape index (κ3) is 3.61. The highest BCUT2D eigenvalue weighted by Crippen LogP contribution is 2.29. The van der Waals surface area contributed by atoms with Gasteiger partial charge in [-0.05, 0) is 25.0 Å². The van der Waals surface area contributed by atoms with Crippen molar-refractivity contribution in [2.75, 3.05) is 24.6 Å². The predicted octanol–water partition coefficient (Wildman–Crippen LogP) is 1.46. The average Bonchev–Trinajstić information content (AvgIpc) is 3.16. The number of nitrogens with zero attached hydrogens (tertiary/aromatic N) is 1. The zero-order valence-electron chi connectivity index (χ0n) is 11.1. The van der Waals surface area contributed by atoms with Gasteiger partial charge in [0.15, 0.2) is 0 Å². The first-order valence-corrected chi connectivity index (χ1v) is 8.12. The summed E-state index contributed by atoms with van der Waals surface area (Å²) >= 11 is 0. The van der Waals surface area contributed by atoms with E-state index in [1.807, 2.05) is 19.1 Å². The van der Waals surface area contributed by atoms with Crippen molar-refractivity contribution in [3.05, 3.63) is 24.3 Å². The van der Waals surface area contributed by atoms with Gasteiger partial charge in [-0.1, -0.05) is 19.1 Å². The summed E-state index contributed by atoms with van der Waals surface area (Å²) in [6, 6.07) is 7.29. The first-order valence-electron chi connectivity index (χ1n) is 6.51. The number of anilines is 1. The Bertz CT molecular complexity index is 526. The topological polar surface area (TPSA) is 72.6 Å². The van der Waals surface area contributed by atoms with Crippen molar-refractivity contribution in [3.63, 3.8) is 0 Å². The van der Waals surface area contributed by atoms with E-state index >= 15 is 0 Å². The Morgan fingerprint density at radius 2 is 2.05 bits per heavy atom. The van der Waals surface area contributed by atoms with E-state index in [-0.39, 0.29) is 18.4 Å². The van der Waals surface area contributed by atoms with Crippen molar-refractivity contribution in [2.24, 2.45) is 0 Å². The third-order valence-electron chi connectivity index (χ3n) is 3.14. The molecular weight excluding hydrogens is 264 g/mol. The van der Waals surface area contributed by atoms with Crippen molar-refractivity contribution in [1.29, 1.82) is 0 Å². The molecule has 0 heterocycles. The summed E-state index contributed by atoms with van der Waals surface area (Å²) in [6.07, 6.45) is 1.94. The molecule has 0 saturated heterocycles. The summed E-state index contributed by atoms with van der Waals surface area (Å²) < 4.78 is 31.3. The smallest absolute Gasteiger partial charge is 0.217 e. The highest BCUT2D eigenvalue weighted by atomic mass is 32.2. The zero-order chi connectivity index (χ0) is 13.9. The van der Waals surface area contributed by atoms with Crippen LogP contribution in [0.3, 0.4) is 0 Å². The van der Waals surface area contributed by atoms with Crippen molar-refractivity contribution in [3.8, 4) is 5.75 Å². The van der Waals surface area contributed by atoms with Gasteiger partial charge in [-0.15, -0.1) is 0 Å². The molecule has 1 aromatic rings. The normalized spacial score (nSPS) is 15.7. The molecule has 0 atom stereocenters. The van der Waals surface area contributed by atoms with E-state index in [9.17, 15) is 8.42 Å². The molecule has 0 aliphatic heterocycles. The van der Waals surface area contributed by atoms with Crippen LogP contribution < -0.4 is 10.5 Å². The van der Waals surface area contributed by atoms with Crippen LogP contribution in [-0.4, -0.2) is 37.7 Å². The molecule has 1 aromatic carbocycles. The number of nitrogen functional groups attached to an aromatic ring is 1. The molecule has 19 heavy (non-hydrogen) atoms. The van der Waals surface area contributed by atoms with Crippen LogP contribution in [0.2, 0.25) is 0 Å². The Hall–Kier alpha value is -1.27. The van der Waals surface area contributed by atoms with Crippen LogP contribution in [-0.2, 0) is 10.0 Å². The predicted molar refractivity (Wildman–Crippen MR) is 75.5 cm³/mol. The summed E-state index contributed by atoms with van der Waals surface area (Å²) in [5.74, 6) is 0.526. The fourth-order valence-electron chi connectivity index (χ4n) is 2.03. The SMILES string of the molecule is CCN(C1CC1)S(=O)(=O)CCOc1ccccc1N. The van der Waals surface area contributed by atoms with Crippen LogP contribution in [0, 0.1) is 0 Å². The van der Waals surface area contributed by atoms with Crippen LogP contribution in [0.4, 0.5) is 5.69 Å². The molecule has 0 bridgehead atoms. The van der Waals surface area contributed by atoms with Crippen molar-refractivity contribution < 1.29 is 13.2 Å². The molecule has 2 N–H and O–H groups in total. The Kier molecular flexibility index (Phi) is 4.31. The van der Waals surface area contributed by atoms with E-state index in [1.165, 1.54) is 0 Å². The number of sulfonamides is 1. The van der Waals surface area contributed by atoms with Crippen molar-refractivity contribution >= 4 is 15.7 Å². The Balaban J connectivity index is 1.89. The lowest BCUT2D eigenvalue weighted by Crippen LogP contribution is -2.36. The van der Waals surface area contributed by atoms with Crippen molar-refractivity contribution in [1.82, 2.24) is 4.31 Å². The summed E-state index contributed by atoms with van der Waals surface area (Å²) in [4.78, 5) is 0. The number of para-hydroxylation sites is 2. The highest BCUT2D eigenvalue weighted by molar-refractivity contribution is 7.89. The summed E-state index contributed by atoms with van der Waals surface area (Å²) in [5.41, 5.74) is 6.25. The van der Waals surface area contributed by atoms with Gasteiger partial charge in [0.2, 0.25) is 10.0 Å². The van der Waals surface area contributed by atoms with E-state index in [0.29, 0.717) is 18.0 Å². The Morgan fingerprint density at radius 1 is 1.37 bits per heavy atom. The van der Waals surface area contributed by atoms with Crippen LogP contribution in [0.5, 0.6) is 5.75 Å². The van der Waals surface area contributed by atoms with E-state index < -0.39 is 10.0 Å². The monoisotopic (exact) mass is 284 g/mol. The maximum atomic E-state index is 12.1. The van der Waals surface area contributed by atoms with E-state index in [1.54, 1.807) is 16.4 Å². The highest BCUT2D eigenvalue weighted by Gasteiger charge is 2.35. The maximum absolute atomic E-state index is 12.1. The van der Waals surface area contributed by atoms with Gasteiger partial charge in [-0.2, -0.15) is 4.31 Å². The number of benzene rings is 1. The van der Waals surface area contributed by atoms with E-state index in [0.717, 1.165) is 12.8 Å². The minimum atomic E-state index is -3.22. The Labute approximate surface area is 114 Å². The van der Waals surface area contributed by atoms with Crippen LogP contribution in [0.1, 0.15) is 19.8 Å². The standard InChI is InChI=1S/C13H20N2O3S/c1-2-15(11-7-8-11)19(16,17)10-9-18-13-6-4-3-5-12(13)14/h3-6,11H,2,7-10,14H2,1H3. The summed E-state index contributed by atoms with van der Waals surface area (Å²) in [7, 11) is -3.22. The summed E-state index contributed by atoms with van der Waals surface area (Å²) in [5, 5.41) is 0. The molecule has 1 aliphatic carbocycles. The second kappa shape index (κ2) is 5.79. The minimum Gasteiger partial charge on any atom is -0.490 e. The van der Waals surface area contributed by atoms with Crippen molar-refractivity contribution in [2.45, 2.75) is 25.8 Å². The molecule has 1 aliphatic rings. The first kappa shape index (κ1) is 14.1. The second-order valence-electron chi connectivity index (χ2n) is 4.64. The molecule has 0 amide bonds. The lowest BCUT2D eigenvalue weighted by Gasteiger charge is -2.20. The molecule has 2 rings (SSSR count). The van der Waals surface area contributed by atoms with Crippen LogP contribution >= 0.6 is 0 Å². The lowest BCUT2D eigenvalue weighted by atomic mass is 10.3. The molecule has 106 valence electrons. The second-order valence-corrected chi connectivity index (χ2v) is 6.68. The molecule has 0 spiro atoms. The zero-order valence-corrected chi connectivity index (χ0v) is 11.9. The van der Waals surface area contributed by atoms with Crippen LogP contribution in [0.15, 0.2) is 24.3 Å². The minimum absolute atomic E-state index is 0.00826. The molecule has 6 heteroatoms. The van der Waals surface area contributed by atoms with Gasteiger partial charge >= 0.3 is 0 Å². The number of nitrogens with two attached hydrogens (primary N) is 1. The molecule has 0 radical (unpaired) electrons. The van der Waals surface area contributed by atoms with Gasteiger partial charge in [-0.25, -0.2) is 8.42 Å². The average molecular weight is 284 g/mol. The van der Waals surface area contributed by atoms with E-state index in [2.05, 4.69) is 0 Å². The van der Waals surface area contributed by atoms with Gasteiger partial charge in [0.1, 0.15) is 12.4 Å². The lowest BCUT2D eigenvalue weighted by molar-refractivity contribution is 0.335. The number of hydrogen-bond donors (Lipinski definition) is 1. The first-order chi connectivity index (χ1) is 9.04. The molecule has 1 saturated carbocycles. The molecule has 0 unspecified atom stereocenters. The molecule has 5 nitrogen and oxygen atoms in total. The fourth-order valence-corrected chi connectivity index (χ4v) is 3.62. The molecule has 0 aromatic heterocycles. The number of ether oxygens (including phenoxy) is 1. The van der Waals surface area contributed by atoms with E-state index in [4.69, 9.17) is 10.5 Å². The molecule has 1 fully saturated rings. The van der Waals surface area contributed by atoms with Gasteiger partial charge in [0.05, 0.1) is 11.4 Å². The summed E-state index contributed by atoms with van der Waals surface area (Å²) in [6.45, 7) is 2.52. The quantitative estimate of drug-likeness (QED) is 0.769.